The number of nitrogens with two attached hydrogens (primary N) is 1. The standard InChI is InChI=1S/C18H24N2/c1-13-9-10-17(14(2)11-13)18(12-19)20-15(3)16-7-5-4-6-8-16/h4-11,15,18,20H,12,19H2,1-3H3. The molecular formula is C18H24N2. The Morgan fingerprint density at radius 1 is 1.05 bits per heavy atom. The van der Waals surface area contributed by atoms with Crippen molar-refractivity contribution < 1.29 is 0 Å². The highest BCUT2D eigenvalue weighted by molar-refractivity contribution is 5.33. The monoisotopic (exact) mass is 268 g/mol. The molecule has 106 valence electrons. The highest BCUT2D eigenvalue weighted by Gasteiger charge is 2.15. The van der Waals surface area contributed by atoms with E-state index in [1.54, 1.807) is 0 Å². The Morgan fingerprint density at radius 3 is 2.35 bits per heavy atom. The second-order valence-corrected chi connectivity index (χ2v) is 5.45. The van der Waals surface area contributed by atoms with Crippen LogP contribution in [0.3, 0.4) is 0 Å². The molecule has 0 fully saturated rings. The van der Waals surface area contributed by atoms with Crippen molar-refractivity contribution in [2.45, 2.75) is 32.9 Å². The molecule has 0 aliphatic heterocycles. The molecule has 2 aromatic carbocycles. The van der Waals surface area contributed by atoms with Crippen molar-refractivity contribution in [3.63, 3.8) is 0 Å². The van der Waals surface area contributed by atoms with E-state index in [1.165, 1.54) is 22.3 Å². The third kappa shape index (κ3) is 3.47. The van der Waals surface area contributed by atoms with E-state index in [1.807, 2.05) is 6.07 Å². The Balaban J connectivity index is 2.17. The summed E-state index contributed by atoms with van der Waals surface area (Å²) in [5, 5.41) is 3.63. The maximum atomic E-state index is 5.98. The van der Waals surface area contributed by atoms with Crippen LogP contribution in [0.15, 0.2) is 48.5 Å². The maximum absolute atomic E-state index is 5.98. The molecule has 0 amide bonds. The number of aryl methyl sites for hydroxylation is 2. The van der Waals surface area contributed by atoms with Gasteiger partial charge in [-0.05, 0) is 37.5 Å². The predicted octanol–water partition coefficient (Wildman–Crippen LogP) is 3.65. The topological polar surface area (TPSA) is 38.0 Å². The molecule has 0 saturated heterocycles. The zero-order chi connectivity index (χ0) is 14.5. The lowest BCUT2D eigenvalue weighted by Gasteiger charge is -2.24. The summed E-state index contributed by atoms with van der Waals surface area (Å²) in [6.07, 6.45) is 0. The average molecular weight is 268 g/mol. The normalized spacial score (nSPS) is 14.0. The zero-order valence-corrected chi connectivity index (χ0v) is 12.6. The maximum Gasteiger partial charge on any atom is 0.0451 e. The van der Waals surface area contributed by atoms with Gasteiger partial charge in [0.1, 0.15) is 0 Å². The smallest absolute Gasteiger partial charge is 0.0451 e. The molecule has 3 N–H and O–H groups in total. The lowest BCUT2D eigenvalue weighted by molar-refractivity contribution is 0.472. The van der Waals surface area contributed by atoms with Gasteiger partial charge in [0.05, 0.1) is 0 Å². The van der Waals surface area contributed by atoms with Crippen molar-refractivity contribution in [3.05, 3.63) is 70.8 Å². The lowest BCUT2D eigenvalue weighted by atomic mass is 9.97. The summed E-state index contributed by atoms with van der Waals surface area (Å²) in [7, 11) is 0. The summed E-state index contributed by atoms with van der Waals surface area (Å²) >= 11 is 0. The van der Waals surface area contributed by atoms with E-state index in [-0.39, 0.29) is 12.1 Å². The van der Waals surface area contributed by atoms with Crippen LogP contribution in [-0.2, 0) is 0 Å². The fourth-order valence-corrected chi connectivity index (χ4v) is 2.64. The van der Waals surface area contributed by atoms with Gasteiger partial charge in [0.2, 0.25) is 0 Å². The Kier molecular flexibility index (Phi) is 4.94. The van der Waals surface area contributed by atoms with Crippen LogP contribution in [0.25, 0.3) is 0 Å². The first-order valence-electron chi connectivity index (χ1n) is 7.20. The van der Waals surface area contributed by atoms with Crippen LogP contribution >= 0.6 is 0 Å². The summed E-state index contributed by atoms with van der Waals surface area (Å²) < 4.78 is 0. The largest absolute Gasteiger partial charge is 0.329 e. The first kappa shape index (κ1) is 14.8. The first-order chi connectivity index (χ1) is 9.61. The van der Waals surface area contributed by atoms with Gasteiger partial charge < -0.3 is 11.1 Å². The van der Waals surface area contributed by atoms with E-state index in [0.29, 0.717) is 6.54 Å². The van der Waals surface area contributed by atoms with E-state index >= 15 is 0 Å². The number of nitrogens with one attached hydrogen (secondary N) is 1. The van der Waals surface area contributed by atoms with Gasteiger partial charge in [-0.3, -0.25) is 0 Å². The molecule has 2 nitrogen and oxygen atoms in total. The van der Waals surface area contributed by atoms with Crippen molar-refractivity contribution in [2.75, 3.05) is 6.54 Å². The number of rotatable bonds is 5. The van der Waals surface area contributed by atoms with E-state index < -0.39 is 0 Å². The van der Waals surface area contributed by atoms with Crippen LogP contribution in [0.2, 0.25) is 0 Å². The molecule has 0 bridgehead atoms. The Hall–Kier alpha value is -1.64. The highest BCUT2D eigenvalue weighted by Crippen LogP contribution is 2.22. The van der Waals surface area contributed by atoms with Gasteiger partial charge in [-0.15, -0.1) is 0 Å². The molecule has 2 aromatic rings. The van der Waals surface area contributed by atoms with Crippen LogP contribution in [0.5, 0.6) is 0 Å². The molecule has 2 unspecified atom stereocenters. The second-order valence-electron chi connectivity index (χ2n) is 5.45. The third-order valence-corrected chi connectivity index (χ3v) is 3.79. The summed E-state index contributed by atoms with van der Waals surface area (Å²) in [5.41, 5.74) is 11.1. The molecule has 0 saturated carbocycles. The quantitative estimate of drug-likeness (QED) is 0.868. The van der Waals surface area contributed by atoms with E-state index in [9.17, 15) is 0 Å². The van der Waals surface area contributed by atoms with Crippen LogP contribution in [0, 0.1) is 13.8 Å². The Morgan fingerprint density at radius 2 is 1.75 bits per heavy atom. The van der Waals surface area contributed by atoms with Crippen LogP contribution < -0.4 is 11.1 Å². The fraction of sp³-hybridized carbons (Fsp3) is 0.333. The van der Waals surface area contributed by atoms with Crippen LogP contribution in [0.1, 0.15) is 41.3 Å². The minimum Gasteiger partial charge on any atom is -0.329 e. The van der Waals surface area contributed by atoms with Gasteiger partial charge in [0, 0.05) is 18.6 Å². The molecule has 2 rings (SSSR count). The minimum atomic E-state index is 0.186. The van der Waals surface area contributed by atoms with E-state index in [4.69, 9.17) is 5.73 Å². The predicted molar refractivity (Wildman–Crippen MR) is 85.7 cm³/mol. The second kappa shape index (κ2) is 6.69. The highest BCUT2D eigenvalue weighted by atomic mass is 15.0. The molecule has 0 radical (unpaired) electrons. The third-order valence-electron chi connectivity index (χ3n) is 3.79. The molecule has 0 aliphatic rings. The van der Waals surface area contributed by atoms with Gasteiger partial charge >= 0.3 is 0 Å². The molecule has 2 heteroatoms. The number of benzene rings is 2. The number of hydrogen-bond acceptors (Lipinski definition) is 2. The van der Waals surface area contributed by atoms with Crippen molar-refractivity contribution in [1.29, 1.82) is 0 Å². The van der Waals surface area contributed by atoms with Gasteiger partial charge in [0.15, 0.2) is 0 Å². The molecular weight excluding hydrogens is 244 g/mol. The minimum absolute atomic E-state index is 0.186. The zero-order valence-electron chi connectivity index (χ0n) is 12.6. The molecule has 0 aliphatic carbocycles. The average Bonchev–Trinajstić information content (AvgIpc) is 2.46. The number of hydrogen-bond donors (Lipinski definition) is 2. The van der Waals surface area contributed by atoms with Crippen molar-refractivity contribution in [2.24, 2.45) is 5.73 Å². The molecule has 20 heavy (non-hydrogen) atoms. The first-order valence-corrected chi connectivity index (χ1v) is 7.20. The SMILES string of the molecule is Cc1ccc(C(CN)NC(C)c2ccccc2)c(C)c1. The Labute approximate surface area is 122 Å². The van der Waals surface area contributed by atoms with Gasteiger partial charge in [-0.25, -0.2) is 0 Å². The summed E-state index contributed by atoms with van der Waals surface area (Å²) in [4.78, 5) is 0. The molecule has 0 heterocycles. The summed E-state index contributed by atoms with van der Waals surface area (Å²) in [5.74, 6) is 0. The lowest BCUT2D eigenvalue weighted by Crippen LogP contribution is -2.31. The van der Waals surface area contributed by atoms with Crippen LogP contribution in [-0.4, -0.2) is 6.54 Å². The summed E-state index contributed by atoms with van der Waals surface area (Å²) in [6.45, 7) is 7.05. The van der Waals surface area contributed by atoms with Crippen molar-refractivity contribution >= 4 is 0 Å². The van der Waals surface area contributed by atoms with Crippen molar-refractivity contribution in [3.8, 4) is 0 Å². The molecule has 0 aromatic heterocycles. The van der Waals surface area contributed by atoms with Gasteiger partial charge in [-0.2, -0.15) is 0 Å². The van der Waals surface area contributed by atoms with Gasteiger partial charge in [-0.1, -0.05) is 54.1 Å². The van der Waals surface area contributed by atoms with E-state index in [0.717, 1.165) is 0 Å². The molecule has 0 spiro atoms. The molecule has 2 atom stereocenters. The van der Waals surface area contributed by atoms with Crippen molar-refractivity contribution in [1.82, 2.24) is 5.32 Å². The Bertz CT molecular complexity index is 549. The summed E-state index contributed by atoms with van der Waals surface area (Å²) in [6, 6.07) is 17.5. The van der Waals surface area contributed by atoms with Gasteiger partial charge in [0.25, 0.3) is 0 Å². The fourth-order valence-electron chi connectivity index (χ4n) is 2.64. The van der Waals surface area contributed by atoms with E-state index in [2.05, 4.69) is 68.6 Å². The van der Waals surface area contributed by atoms with Crippen LogP contribution in [0.4, 0.5) is 0 Å².